The summed E-state index contributed by atoms with van der Waals surface area (Å²) in [5.41, 5.74) is 5.52. The van der Waals surface area contributed by atoms with E-state index in [0.29, 0.717) is 5.69 Å². The number of carbonyl (C=O) groups excluding carboxylic acids is 2. The van der Waals surface area contributed by atoms with Gasteiger partial charge in [-0.15, -0.1) is 0 Å². The van der Waals surface area contributed by atoms with Crippen molar-refractivity contribution in [1.29, 1.82) is 0 Å². The van der Waals surface area contributed by atoms with Crippen molar-refractivity contribution in [2.24, 2.45) is 11.7 Å². The van der Waals surface area contributed by atoms with Crippen molar-refractivity contribution in [2.45, 2.75) is 58.1 Å². The highest BCUT2D eigenvalue weighted by molar-refractivity contribution is 5.86. The summed E-state index contributed by atoms with van der Waals surface area (Å²) >= 11 is 0. The highest BCUT2D eigenvalue weighted by Crippen LogP contribution is 2.30. The molecule has 0 saturated heterocycles. The van der Waals surface area contributed by atoms with Gasteiger partial charge in [0, 0.05) is 31.4 Å². The molecule has 138 valence electrons. The normalized spacial score (nSPS) is 21.0. The van der Waals surface area contributed by atoms with E-state index in [2.05, 4.69) is 4.98 Å². The topological polar surface area (TPSA) is 88.8 Å². The molecule has 1 aromatic heterocycles. The first-order valence-corrected chi connectivity index (χ1v) is 8.64. The number of amides is 2. The zero-order valence-electron chi connectivity index (χ0n) is 15.4. The predicted octanol–water partition coefficient (Wildman–Crippen LogP) is 2.71. The van der Waals surface area contributed by atoms with Crippen LogP contribution in [0.25, 0.3) is 0 Å². The van der Waals surface area contributed by atoms with Gasteiger partial charge < -0.3 is 10.5 Å². The van der Waals surface area contributed by atoms with E-state index in [-0.39, 0.29) is 17.9 Å². The van der Waals surface area contributed by atoms with Crippen LogP contribution in [0.5, 0.6) is 0 Å². The van der Waals surface area contributed by atoms with E-state index in [1.54, 1.807) is 29.5 Å². The Balaban J connectivity index is 2.18. The van der Waals surface area contributed by atoms with Gasteiger partial charge in [0.05, 0.1) is 5.69 Å². The van der Waals surface area contributed by atoms with Crippen molar-refractivity contribution in [2.75, 3.05) is 12.1 Å². The number of primary amides is 1. The fourth-order valence-corrected chi connectivity index (χ4v) is 3.10. The Kier molecular flexibility index (Phi) is 6.00. The van der Waals surface area contributed by atoms with Crippen LogP contribution in [-0.2, 0) is 9.53 Å². The van der Waals surface area contributed by atoms with Gasteiger partial charge in [-0.25, -0.2) is 14.8 Å². The molecule has 1 saturated carbocycles. The summed E-state index contributed by atoms with van der Waals surface area (Å²) in [5.74, 6) is -0.306. The Bertz CT molecular complexity index is 592. The van der Waals surface area contributed by atoms with Crippen LogP contribution in [0, 0.1) is 5.92 Å². The van der Waals surface area contributed by atoms with Crippen LogP contribution >= 0.6 is 0 Å². The first kappa shape index (κ1) is 19.2. The number of carbonyl (C=O) groups is 2. The number of ether oxygens (including phenoxy) is 1. The molecule has 25 heavy (non-hydrogen) atoms. The number of hydrogen-bond donors (Lipinski definition) is 1. The standard InChI is InChI=1S/C18H28N4O3/c1-18(2,3)25-17(24)22(15-9-11-20-12-10-15)21(4)14-7-5-13(6-8-14)16(19)23/h9-14H,5-8H2,1-4H3,(H2,19,23). The van der Waals surface area contributed by atoms with Gasteiger partial charge in [-0.1, -0.05) is 0 Å². The van der Waals surface area contributed by atoms with E-state index in [9.17, 15) is 9.59 Å². The predicted molar refractivity (Wildman–Crippen MR) is 95.7 cm³/mol. The zero-order valence-corrected chi connectivity index (χ0v) is 15.4. The monoisotopic (exact) mass is 348 g/mol. The van der Waals surface area contributed by atoms with Crippen molar-refractivity contribution in [3.63, 3.8) is 0 Å². The minimum Gasteiger partial charge on any atom is -0.442 e. The van der Waals surface area contributed by atoms with E-state index in [1.807, 2.05) is 32.8 Å². The number of nitrogens with zero attached hydrogens (tertiary/aromatic N) is 3. The van der Waals surface area contributed by atoms with Crippen LogP contribution in [0.15, 0.2) is 24.5 Å². The minimum atomic E-state index is -0.590. The van der Waals surface area contributed by atoms with Crippen LogP contribution in [0.2, 0.25) is 0 Å². The average Bonchev–Trinajstić information content (AvgIpc) is 2.54. The Hall–Kier alpha value is -2.15. The summed E-state index contributed by atoms with van der Waals surface area (Å²) in [5, 5.41) is 3.45. The van der Waals surface area contributed by atoms with Crippen LogP contribution in [0.3, 0.4) is 0 Å². The van der Waals surface area contributed by atoms with E-state index < -0.39 is 11.7 Å². The second-order valence-electron chi connectivity index (χ2n) is 7.48. The molecule has 1 aromatic rings. The van der Waals surface area contributed by atoms with Crippen molar-refractivity contribution in [1.82, 2.24) is 9.99 Å². The van der Waals surface area contributed by atoms with Crippen molar-refractivity contribution >= 4 is 17.7 Å². The molecule has 7 nitrogen and oxygen atoms in total. The van der Waals surface area contributed by atoms with Gasteiger partial charge in [-0.2, -0.15) is 0 Å². The molecule has 0 aliphatic heterocycles. The number of nitrogens with two attached hydrogens (primary N) is 1. The SMILES string of the molecule is CN(C1CCC(C(N)=O)CC1)N(C(=O)OC(C)(C)C)c1ccncc1. The number of anilines is 1. The second kappa shape index (κ2) is 7.82. The number of pyridine rings is 1. The van der Waals surface area contributed by atoms with Crippen molar-refractivity contribution < 1.29 is 14.3 Å². The maximum atomic E-state index is 12.8. The maximum Gasteiger partial charge on any atom is 0.429 e. The number of aromatic nitrogens is 1. The average molecular weight is 348 g/mol. The Labute approximate surface area is 149 Å². The largest absolute Gasteiger partial charge is 0.442 e. The molecule has 0 bridgehead atoms. The molecule has 0 spiro atoms. The van der Waals surface area contributed by atoms with E-state index in [0.717, 1.165) is 25.7 Å². The first-order chi connectivity index (χ1) is 11.7. The Morgan fingerprint density at radius 1 is 1.16 bits per heavy atom. The summed E-state index contributed by atoms with van der Waals surface area (Å²) < 4.78 is 5.58. The highest BCUT2D eigenvalue weighted by Gasteiger charge is 2.33. The van der Waals surface area contributed by atoms with Gasteiger partial charge in [-0.3, -0.25) is 9.78 Å². The third kappa shape index (κ3) is 5.16. The van der Waals surface area contributed by atoms with Crippen LogP contribution in [-0.4, -0.2) is 40.7 Å². The Morgan fingerprint density at radius 3 is 2.20 bits per heavy atom. The Morgan fingerprint density at radius 2 is 1.72 bits per heavy atom. The first-order valence-electron chi connectivity index (χ1n) is 8.64. The van der Waals surface area contributed by atoms with Gasteiger partial charge in [0.15, 0.2) is 0 Å². The summed E-state index contributed by atoms with van der Waals surface area (Å²) in [7, 11) is 1.87. The lowest BCUT2D eigenvalue weighted by molar-refractivity contribution is -0.123. The highest BCUT2D eigenvalue weighted by atomic mass is 16.6. The molecule has 2 N–H and O–H groups in total. The minimum absolute atomic E-state index is 0.0689. The molecule has 1 fully saturated rings. The third-order valence-electron chi connectivity index (χ3n) is 4.42. The van der Waals surface area contributed by atoms with Crippen LogP contribution in [0.1, 0.15) is 46.5 Å². The molecule has 0 radical (unpaired) electrons. The fourth-order valence-electron chi connectivity index (χ4n) is 3.10. The molecule has 1 aliphatic rings. The summed E-state index contributed by atoms with van der Waals surface area (Å²) in [4.78, 5) is 28.2. The third-order valence-corrected chi connectivity index (χ3v) is 4.42. The van der Waals surface area contributed by atoms with Gasteiger partial charge in [0.1, 0.15) is 5.60 Å². The van der Waals surface area contributed by atoms with Crippen molar-refractivity contribution in [3.8, 4) is 0 Å². The molecular formula is C18H28N4O3. The van der Waals surface area contributed by atoms with Gasteiger partial charge in [-0.05, 0) is 58.6 Å². The molecular weight excluding hydrogens is 320 g/mol. The quantitative estimate of drug-likeness (QED) is 0.845. The number of hydrogen-bond acceptors (Lipinski definition) is 5. The molecule has 0 unspecified atom stereocenters. The lowest BCUT2D eigenvalue weighted by atomic mass is 9.85. The van der Waals surface area contributed by atoms with E-state index in [4.69, 9.17) is 10.5 Å². The number of rotatable bonds is 4. The summed E-state index contributed by atoms with van der Waals surface area (Å²) in [6.07, 6.45) is 5.93. The second-order valence-corrected chi connectivity index (χ2v) is 7.48. The molecule has 2 amide bonds. The molecule has 0 atom stereocenters. The van der Waals surface area contributed by atoms with Crippen molar-refractivity contribution in [3.05, 3.63) is 24.5 Å². The maximum absolute atomic E-state index is 12.8. The fraction of sp³-hybridized carbons (Fsp3) is 0.611. The zero-order chi connectivity index (χ0) is 18.6. The lowest BCUT2D eigenvalue weighted by Gasteiger charge is -2.40. The van der Waals surface area contributed by atoms with Crippen LogP contribution in [0.4, 0.5) is 10.5 Å². The van der Waals surface area contributed by atoms with E-state index in [1.165, 1.54) is 0 Å². The molecule has 1 aliphatic carbocycles. The van der Waals surface area contributed by atoms with Crippen LogP contribution < -0.4 is 10.7 Å². The van der Waals surface area contributed by atoms with Gasteiger partial charge in [0.2, 0.25) is 5.91 Å². The molecule has 7 heteroatoms. The summed E-state index contributed by atoms with van der Waals surface area (Å²) in [6.45, 7) is 5.52. The smallest absolute Gasteiger partial charge is 0.429 e. The number of hydrazine groups is 1. The molecule has 1 heterocycles. The molecule has 2 rings (SSSR count). The molecule has 0 aromatic carbocycles. The van der Waals surface area contributed by atoms with Gasteiger partial charge in [0.25, 0.3) is 0 Å². The lowest BCUT2D eigenvalue weighted by Crippen LogP contribution is -2.52. The summed E-state index contributed by atoms with van der Waals surface area (Å²) in [6, 6.07) is 3.68. The van der Waals surface area contributed by atoms with Gasteiger partial charge >= 0.3 is 6.09 Å². The van der Waals surface area contributed by atoms with E-state index >= 15 is 0 Å².